The first-order chi connectivity index (χ1) is 32.8. The van der Waals surface area contributed by atoms with Crippen LogP contribution in [0.2, 0.25) is 0 Å². The molecular formula is C45H79N8O14PS. The fraction of sp³-hybridized carbons (Fsp3) is 0.778. The maximum Gasteiger partial charge on any atom is 0.472 e. The number of carbonyl (C=O) groups excluding carboxylic acids is 7. The molecule has 1 unspecified atom stereocenters. The number of likely N-dealkylation sites (tertiary alicyclic amines) is 1. The van der Waals surface area contributed by atoms with Crippen LogP contribution >= 0.6 is 20.5 Å². The Morgan fingerprint density at radius 3 is 2.22 bits per heavy atom. The molecule has 8 atom stereocenters. The van der Waals surface area contributed by atoms with Crippen molar-refractivity contribution in [1.82, 2.24) is 30.8 Å². The van der Waals surface area contributed by atoms with Crippen molar-refractivity contribution in [3.05, 3.63) is 18.2 Å². The number of phosphoric ester groups is 1. The van der Waals surface area contributed by atoms with Crippen molar-refractivity contribution in [3.8, 4) is 0 Å². The quantitative estimate of drug-likeness (QED) is 0.0257. The predicted octanol–water partition coefficient (Wildman–Crippen LogP) is 1.66. The third-order valence-electron chi connectivity index (χ3n) is 11.6. The van der Waals surface area contributed by atoms with E-state index in [-0.39, 0.29) is 82.3 Å². The number of nitrogens with two attached hydrogens (primary N) is 2. The van der Waals surface area contributed by atoms with Crippen LogP contribution in [0, 0.1) is 17.8 Å². The van der Waals surface area contributed by atoms with Crippen molar-refractivity contribution in [3.63, 3.8) is 0 Å². The number of primary amides is 1. The lowest BCUT2D eigenvalue weighted by Crippen LogP contribution is -2.52. The summed E-state index contributed by atoms with van der Waals surface area (Å²) in [7, 11) is -4.66. The van der Waals surface area contributed by atoms with Gasteiger partial charge in [0.2, 0.25) is 29.5 Å². The lowest BCUT2D eigenvalue weighted by Gasteiger charge is -2.28. The molecular weight excluding hydrogens is 940 g/mol. The highest BCUT2D eigenvalue weighted by Gasteiger charge is 2.38. The van der Waals surface area contributed by atoms with Gasteiger partial charge in [-0.25, -0.2) is 9.55 Å². The van der Waals surface area contributed by atoms with Crippen LogP contribution in [-0.2, 0) is 63.1 Å². The van der Waals surface area contributed by atoms with Gasteiger partial charge in [-0.05, 0) is 38.5 Å². The van der Waals surface area contributed by atoms with E-state index < -0.39 is 98.7 Å². The number of unbranched alkanes of at least 4 members (excludes halogenated alkanes) is 6. The van der Waals surface area contributed by atoms with Crippen molar-refractivity contribution >= 4 is 61.6 Å². The number of imidazole rings is 1. The molecule has 2 rings (SSSR count). The molecule has 1 aromatic rings. The summed E-state index contributed by atoms with van der Waals surface area (Å²) in [5.74, 6) is -6.71. The summed E-state index contributed by atoms with van der Waals surface area (Å²) >= 11 is 3.99. The zero-order valence-corrected chi connectivity index (χ0v) is 42.6. The standard InChI is InChI=1S/C45H79N8O14PS/c1-5-6-7-8-9-10-11-17-66-68(62,63)67-31(4)34(42(47)58)25-40(56)37(27-54)52-43(59)32(23-33-26-48-29-50-33)24-39(55)36(22-30(2)3)51-45(61)38-13-12-16-53(38)41(57)14-18-64-20-21-65-19-15-49-44(60)35(46)28-69/h26,29-32,34-38,54,69H,5-25,27-28,46H2,1-4H3,(H2,47,58)(H,48,50)(H,49,60)(H,51,61)(H,52,59)(H,62,63)/t31-,32-,34+,35+,36+,37+,38+/m1/s1. The smallest absolute Gasteiger partial charge is 0.394 e. The van der Waals surface area contributed by atoms with Gasteiger partial charge in [0, 0.05) is 50.0 Å². The van der Waals surface area contributed by atoms with Crippen LogP contribution in [0.1, 0.15) is 117 Å². The molecule has 0 aliphatic carbocycles. The molecule has 1 aliphatic heterocycles. The number of aromatic amines is 1. The van der Waals surface area contributed by atoms with Crippen molar-refractivity contribution in [2.75, 3.05) is 58.5 Å². The molecule has 1 saturated heterocycles. The third kappa shape index (κ3) is 24.3. The Morgan fingerprint density at radius 1 is 0.928 bits per heavy atom. The highest BCUT2D eigenvalue weighted by Crippen LogP contribution is 2.46. The normalized spacial score (nSPS) is 17.3. The fourth-order valence-electron chi connectivity index (χ4n) is 7.67. The number of nitrogens with zero attached hydrogens (tertiary/aromatic N) is 2. The maximum atomic E-state index is 14.1. The van der Waals surface area contributed by atoms with Gasteiger partial charge >= 0.3 is 7.82 Å². The van der Waals surface area contributed by atoms with Gasteiger partial charge in [-0.1, -0.05) is 59.3 Å². The number of ether oxygens (including phenoxy) is 2. The van der Waals surface area contributed by atoms with Crippen LogP contribution in [0.4, 0.5) is 0 Å². The van der Waals surface area contributed by atoms with E-state index in [0.29, 0.717) is 31.5 Å². The number of phosphoric acid groups is 1. The minimum atomic E-state index is -4.66. The average molecular weight is 1020 g/mol. The Hall–Kier alpha value is -3.80. The Labute approximate surface area is 411 Å². The molecule has 2 heterocycles. The summed E-state index contributed by atoms with van der Waals surface area (Å²) in [6.07, 6.45) is 8.20. The van der Waals surface area contributed by atoms with E-state index in [2.05, 4.69) is 45.5 Å². The summed E-state index contributed by atoms with van der Waals surface area (Å²) in [5, 5.41) is 18.2. The average Bonchev–Trinajstić information content (AvgIpc) is 4.02. The number of thiol groups is 1. The topological polar surface area (TPSA) is 334 Å². The minimum absolute atomic E-state index is 0.00657. The molecule has 22 nitrogen and oxygen atoms in total. The summed E-state index contributed by atoms with van der Waals surface area (Å²) in [5.41, 5.74) is 11.7. The number of carbonyl (C=O) groups is 7. The van der Waals surface area contributed by atoms with E-state index in [0.717, 1.165) is 38.5 Å². The second-order valence-corrected chi connectivity index (χ2v) is 19.6. The minimum Gasteiger partial charge on any atom is -0.394 e. The first-order valence-electron chi connectivity index (χ1n) is 24.1. The molecule has 1 aromatic heterocycles. The molecule has 0 aromatic carbocycles. The van der Waals surface area contributed by atoms with Gasteiger partial charge in [-0.3, -0.25) is 42.6 Å². The monoisotopic (exact) mass is 1020 g/mol. The second kappa shape index (κ2) is 33.7. The zero-order valence-electron chi connectivity index (χ0n) is 40.8. The lowest BCUT2D eigenvalue weighted by molar-refractivity contribution is -0.140. The molecule has 1 aliphatic rings. The largest absolute Gasteiger partial charge is 0.472 e. The van der Waals surface area contributed by atoms with Crippen molar-refractivity contribution < 1.29 is 66.6 Å². The van der Waals surface area contributed by atoms with E-state index in [4.69, 9.17) is 30.0 Å². The van der Waals surface area contributed by atoms with Gasteiger partial charge in [0.15, 0.2) is 11.6 Å². The van der Waals surface area contributed by atoms with Crippen LogP contribution in [-0.4, -0.2) is 155 Å². The van der Waals surface area contributed by atoms with Crippen molar-refractivity contribution in [1.29, 1.82) is 0 Å². The summed E-state index contributed by atoms with van der Waals surface area (Å²) < 4.78 is 34.0. The third-order valence-corrected chi connectivity index (χ3v) is 13.1. The van der Waals surface area contributed by atoms with Gasteiger partial charge in [-0.15, -0.1) is 0 Å². The van der Waals surface area contributed by atoms with Crippen LogP contribution in [0.5, 0.6) is 0 Å². The number of ketones is 2. The Morgan fingerprint density at radius 2 is 1.59 bits per heavy atom. The van der Waals surface area contributed by atoms with E-state index in [9.17, 15) is 48.1 Å². The number of H-pyrrole nitrogens is 1. The first kappa shape index (κ1) is 61.3. The Balaban J connectivity index is 2.03. The molecule has 0 radical (unpaired) electrons. The van der Waals surface area contributed by atoms with Crippen LogP contribution in [0.25, 0.3) is 0 Å². The highest BCUT2D eigenvalue weighted by atomic mass is 32.1. The summed E-state index contributed by atoms with van der Waals surface area (Å²) in [6.45, 7) is 7.54. The van der Waals surface area contributed by atoms with E-state index in [1.807, 2.05) is 13.8 Å². The molecule has 1 fully saturated rings. The molecule has 69 heavy (non-hydrogen) atoms. The molecule has 0 spiro atoms. The van der Waals surface area contributed by atoms with Gasteiger partial charge in [0.05, 0.1) is 82.4 Å². The number of aliphatic hydroxyl groups excluding tert-OH is 1. The molecule has 10 N–H and O–H groups in total. The Kier molecular flexibility index (Phi) is 30.0. The number of hydrogen-bond acceptors (Lipinski definition) is 16. The highest BCUT2D eigenvalue weighted by molar-refractivity contribution is 7.80. The molecule has 0 bridgehead atoms. The number of nitrogens with one attached hydrogen (secondary N) is 4. The SMILES string of the molecule is CCCCCCCCCOP(=O)(O)O[C@H](C)[C@H](CC(=O)[C@H](CO)NC(=O)[C@@H](CC(=O)[C@H](CC(C)C)NC(=O)[C@@H]1CCCN1C(=O)CCOCCOCCNC(=O)[C@@H](N)CS)Cc1cnc[nH]1)C(N)=O. The Bertz CT molecular complexity index is 1780. The molecule has 0 saturated carbocycles. The maximum absolute atomic E-state index is 14.1. The fourth-order valence-corrected chi connectivity index (χ4v) is 8.82. The van der Waals surface area contributed by atoms with Crippen LogP contribution in [0.3, 0.4) is 0 Å². The number of rotatable bonds is 39. The number of Topliss-reactive ketones (excluding diaryl/α,β-unsaturated/α-hetero) is 2. The summed E-state index contributed by atoms with van der Waals surface area (Å²) in [4.78, 5) is 111. The second-order valence-electron chi connectivity index (χ2n) is 17.8. The van der Waals surface area contributed by atoms with E-state index in [1.165, 1.54) is 24.3 Å². The molecule has 5 amide bonds. The number of aliphatic hydroxyl groups is 1. The van der Waals surface area contributed by atoms with Crippen molar-refractivity contribution in [2.24, 2.45) is 29.2 Å². The van der Waals surface area contributed by atoms with Gasteiger partial charge in [0.1, 0.15) is 12.1 Å². The van der Waals surface area contributed by atoms with Crippen LogP contribution in [0.15, 0.2) is 12.5 Å². The van der Waals surface area contributed by atoms with Gasteiger partial charge < -0.3 is 56.8 Å². The predicted molar refractivity (Wildman–Crippen MR) is 258 cm³/mol. The number of hydrogen-bond donors (Lipinski definition) is 9. The number of amides is 5. The first-order valence-corrected chi connectivity index (χ1v) is 26.2. The molecule has 24 heteroatoms. The lowest BCUT2D eigenvalue weighted by atomic mass is 9.89. The summed E-state index contributed by atoms with van der Waals surface area (Å²) in [6, 6.07) is -4.14. The van der Waals surface area contributed by atoms with Crippen molar-refractivity contribution in [2.45, 2.75) is 148 Å². The van der Waals surface area contributed by atoms with E-state index >= 15 is 0 Å². The van der Waals surface area contributed by atoms with Gasteiger partial charge in [-0.2, -0.15) is 12.6 Å². The van der Waals surface area contributed by atoms with Crippen LogP contribution < -0.4 is 27.4 Å². The van der Waals surface area contributed by atoms with Gasteiger partial charge in [0.25, 0.3) is 0 Å². The zero-order chi connectivity index (χ0) is 51.4. The molecule has 394 valence electrons. The van der Waals surface area contributed by atoms with E-state index in [1.54, 1.807) is 0 Å². The number of aromatic nitrogens is 2.